The number of H-pyrrole nitrogens is 1. The van der Waals surface area contributed by atoms with Crippen LogP contribution >= 0.6 is 0 Å². The van der Waals surface area contributed by atoms with Crippen molar-refractivity contribution in [2.45, 2.75) is 0 Å². The van der Waals surface area contributed by atoms with E-state index in [-0.39, 0.29) is 24.2 Å². The number of nitrogens with one attached hydrogen (secondary N) is 1. The summed E-state index contributed by atoms with van der Waals surface area (Å²) in [5.41, 5.74) is 5.48. The Kier molecular flexibility index (Phi) is 3.25. The van der Waals surface area contributed by atoms with Gasteiger partial charge in [0.1, 0.15) is 0 Å². The van der Waals surface area contributed by atoms with Gasteiger partial charge in [-0.15, -0.1) is 0 Å². The molecule has 0 fully saturated rings. The molecule has 0 aliphatic heterocycles. The molecule has 0 amide bonds. The zero-order valence-electron chi connectivity index (χ0n) is 23.3. The van der Waals surface area contributed by atoms with Crippen molar-refractivity contribution in [3.63, 3.8) is 0 Å². The maximum absolute atomic E-state index is 9.14. The highest BCUT2D eigenvalue weighted by molar-refractivity contribution is 6.25. The molecule has 168 valence electrons. The van der Waals surface area contributed by atoms with Crippen LogP contribution in [0, 0.1) is 0 Å². The first-order valence-electron chi connectivity index (χ1n) is 14.1. The second kappa shape index (κ2) is 7.34. The van der Waals surface area contributed by atoms with E-state index < -0.39 is 0 Å². The second-order valence-electron chi connectivity index (χ2n) is 9.19. The summed E-state index contributed by atoms with van der Waals surface area (Å²) < 4.78 is 37.2. The van der Waals surface area contributed by atoms with E-state index in [0.29, 0.717) is 11.3 Å². The molecule has 0 bridgehead atoms. The molecule has 0 spiro atoms. The van der Waals surface area contributed by atoms with Gasteiger partial charge in [-0.1, -0.05) is 97.0 Å². The molecule has 2 aromatic heterocycles. The van der Waals surface area contributed by atoms with Crippen molar-refractivity contribution in [2.24, 2.45) is 0 Å². The topological polar surface area (TPSA) is 20.7 Å². The zero-order chi connectivity index (χ0) is 27.1. The van der Waals surface area contributed by atoms with Gasteiger partial charge in [0.15, 0.2) is 0 Å². The molecule has 0 saturated heterocycles. The van der Waals surface area contributed by atoms with Crippen LogP contribution in [0.3, 0.4) is 0 Å². The van der Waals surface area contributed by atoms with Crippen LogP contribution in [0.1, 0.15) is 5.48 Å². The second-order valence-corrected chi connectivity index (χ2v) is 9.19. The average molecular weight is 463 g/mol. The van der Waals surface area contributed by atoms with E-state index in [1.165, 1.54) is 0 Å². The van der Waals surface area contributed by atoms with Gasteiger partial charge < -0.3 is 9.55 Å². The lowest BCUT2D eigenvalue weighted by molar-refractivity contribution is 1.18. The lowest BCUT2D eigenvalue weighted by Gasteiger charge is -2.14. The number of hydrogen-bond acceptors (Lipinski definition) is 0. The molecule has 0 unspecified atom stereocenters. The summed E-state index contributed by atoms with van der Waals surface area (Å²) in [5, 5.41) is 6.58. The van der Waals surface area contributed by atoms with E-state index in [2.05, 4.69) is 53.5 Å². The molecule has 0 aliphatic rings. The van der Waals surface area contributed by atoms with Gasteiger partial charge >= 0.3 is 0 Å². The minimum Gasteiger partial charge on any atom is -0.354 e. The predicted octanol–water partition coefficient (Wildman–Crippen LogP) is 9.24. The Hall–Kier alpha value is -4.82. The van der Waals surface area contributed by atoms with Gasteiger partial charge in [-0.2, -0.15) is 0 Å². The Morgan fingerprint density at radius 1 is 0.583 bits per heavy atom. The smallest absolute Gasteiger partial charge is 0.0645 e. The molecule has 1 N–H and O–H groups in total. The molecule has 0 aliphatic carbocycles. The first kappa shape index (κ1) is 16.0. The lowest BCUT2D eigenvalue weighted by atomic mass is 10.0. The third-order valence-electron chi connectivity index (χ3n) is 7.23. The summed E-state index contributed by atoms with van der Waals surface area (Å²) in [6, 6.07) is 34.0. The first-order valence-corrected chi connectivity index (χ1v) is 12.1. The molecular weight excluding hydrogens is 436 g/mol. The molecule has 0 saturated carbocycles. The van der Waals surface area contributed by atoms with Crippen molar-refractivity contribution < 1.29 is 5.48 Å². The first-order chi connectivity index (χ1) is 19.5. The normalized spacial score (nSPS) is 13.4. The minimum absolute atomic E-state index is 0.0512. The number of benzene rings is 6. The number of fused-ring (bicyclic) bond motifs is 8. The molecular formula is C34H22N2. The minimum atomic E-state index is -0.248. The maximum atomic E-state index is 9.14. The monoisotopic (exact) mass is 462 g/mol. The van der Waals surface area contributed by atoms with Gasteiger partial charge in [0.05, 0.1) is 22.2 Å². The van der Waals surface area contributed by atoms with Crippen LogP contribution in [-0.2, 0) is 0 Å². The van der Waals surface area contributed by atoms with Crippen LogP contribution in [0.15, 0.2) is 127 Å². The summed E-state index contributed by atoms with van der Waals surface area (Å²) in [6.45, 7) is 0. The molecule has 6 aromatic carbocycles. The van der Waals surface area contributed by atoms with Crippen molar-refractivity contribution in [1.82, 2.24) is 9.55 Å². The van der Waals surface area contributed by atoms with Crippen LogP contribution in [0.25, 0.3) is 71.2 Å². The maximum Gasteiger partial charge on any atom is 0.0645 e. The highest BCUT2D eigenvalue weighted by Gasteiger charge is 2.19. The highest BCUT2D eigenvalue weighted by atomic mass is 15.0. The van der Waals surface area contributed by atoms with E-state index in [1.807, 2.05) is 59.2 Å². The molecule has 0 atom stereocenters. The van der Waals surface area contributed by atoms with Gasteiger partial charge in [-0.25, -0.2) is 0 Å². The summed E-state index contributed by atoms with van der Waals surface area (Å²) in [5.74, 6) is 0. The molecule has 0 radical (unpaired) electrons. The third-order valence-corrected chi connectivity index (χ3v) is 7.23. The Morgan fingerprint density at radius 3 is 2.28 bits per heavy atom. The Bertz CT molecular complexity index is 2310. The van der Waals surface area contributed by atoms with Crippen LogP contribution in [0.2, 0.25) is 0 Å². The van der Waals surface area contributed by atoms with E-state index in [4.69, 9.17) is 5.48 Å². The third kappa shape index (κ3) is 2.67. The standard InChI is InChI=1S/C34H22N2/c1-2-10-22(11-3-1)24-13-7-9-17-31(24)36-32-19-18-23-12-4-5-14-25(23)34(32)28-20-27-26-15-6-8-16-29(26)35-30(27)21-33(28)36/h1-21,35H/i7D,9D,13D,17D. The van der Waals surface area contributed by atoms with Crippen LogP contribution in [-0.4, -0.2) is 9.55 Å². The molecule has 2 nitrogen and oxygen atoms in total. The fourth-order valence-corrected chi connectivity index (χ4v) is 5.66. The molecule has 2 heteroatoms. The molecule has 2 heterocycles. The Morgan fingerprint density at radius 2 is 1.36 bits per heavy atom. The van der Waals surface area contributed by atoms with E-state index in [0.717, 1.165) is 59.9 Å². The van der Waals surface area contributed by atoms with Crippen molar-refractivity contribution in [1.29, 1.82) is 0 Å². The number of rotatable bonds is 2. The number of hydrogen-bond donors (Lipinski definition) is 1. The fraction of sp³-hybridized carbons (Fsp3) is 0. The Labute approximate surface area is 213 Å². The van der Waals surface area contributed by atoms with Gasteiger partial charge in [-0.05, 0) is 46.6 Å². The summed E-state index contributed by atoms with van der Waals surface area (Å²) in [4.78, 5) is 3.56. The van der Waals surface area contributed by atoms with Crippen molar-refractivity contribution in [3.8, 4) is 16.8 Å². The predicted molar refractivity (Wildman–Crippen MR) is 153 cm³/mol. The van der Waals surface area contributed by atoms with Gasteiger partial charge in [-0.3, -0.25) is 0 Å². The molecule has 8 rings (SSSR count). The molecule has 8 aromatic rings. The number of aromatic amines is 1. The fourth-order valence-electron chi connectivity index (χ4n) is 5.66. The summed E-state index contributed by atoms with van der Waals surface area (Å²) >= 11 is 0. The lowest BCUT2D eigenvalue weighted by Crippen LogP contribution is -1.97. The van der Waals surface area contributed by atoms with Crippen LogP contribution in [0.4, 0.5) is 0 Å². The SMILES string of the molecule is [2H]c1c([2H])c([2H])c(-n2c3cc4[nH]c5ccccc5c4cc3c3c4ccccc4ccc32)c(-c2ccccc2)c1[2H]. The van der Waals surface area contributed by atoms with Crippen molar-refractivity contribution in [2.75, 3.05) is 0 Å². The number of aromatic nitrogens is 2. The summed E-state index contributed by atoms with van der Waals surface area (Å²) in [7, 11) is 0. The van der Waals surface area contributed by atoms with Crippen LogP contribution in [0.5, 0.6) is 0 Å². The van der Waals surface area contributed by atoms with Crippen molar-refractivity contribution >= 4 is 54.4 Å². The van der Waals surface area contributed by atoms with Gasteiger partial charge in [0.25, 0.3) is 0 Å². The molecule has 36 heavy (non-hydrogen) atoms. The van der Waals surface area contributed by atoms with E-state index in [9.17, 15) is 0 Å². The Balaban J connectivity index is 1.64. The quantitative estimate of drug-likeness (QED) is 0.264. The van der Waals surface area contributed by atoms with Gasteiger partial charge in [0.2, 0.25) is 0 Å². The van der Waals surface area contributed by atoms with Gasteiger partial charge in [0, 0.05) is 38.1 Å². The number of nitrogens with zero attached hydrogens (tertiary/aromatic N) is 1. The summed E-state index contributed by atoms with van der Waals surface area (Å²) in [6.07, 6.45) is 0. The van der Waals surface area contributed by atoms with E-state index >= 15 is 0 Å². The highest BCUT2D eigenvalue weighted by Crippen LogP contribution is 2.41. The van der Waals surface area contributed by atoms with E-state index in [1.54, 1.807) is 0 Å². The van der Waals surface area contributed by atoms with Crippen LogP contribution < -0.4 is 0 Å². The largest absolute Gasteiger partial charge is 0.354 e. The number of para-hydroxylation sites is 2. The van der Waals surface area contributed by atoms with Crippen molar-refractivity contribution in [3.05, 3.63) is 127 Å². The zero-order valence-corrected chi connectivity index (χ0v) is 19.3. The average Bonchev–Trinajstić information content (AvgIpc) is 3.52.